The van der Waals surface area contributed by atoms with E-state index < -0.39 is 5.78 Å². The fraction of sp³-hybridized carbons (Fsp3) is 0.231. The van der Waals surface area contributed by atoms with Crippen molar-refractivity contribution in [2.45, 2.75) is 6.04 Å². The minimum Gasteiger partial charge on any atom is -0.464 e. The van der Waals surface area contributed by atoms with Gasteiger partial charge in [0.15, 0.2) is 6.29 Å². The molecule has 4 nitrogen and oxygen atoms in total. The normalized spacial score (nSPS) is 18.1. The van der Waals surface area contributed by atoms with Gasteiger partial charge in [0.1, 0.15) is 12.0 Å². The van der Waals surface area contributed by atoms with E-state index in [4.69, 9.17) is 4.74 Å². The van der Waals surface area contributed by atoms with E-state index in [0.29, 0.717) is 17.6 Å². The van der Waals surface area contributed by atoms with Crippen molar-refractivity contribution in [1.82, 2.24) is 4.90 Å². The van der Waals surface area contributed by atoms with E-state index in [1.165, 1.54) is 6.26 Å². The number of fused-ring (bicyclic) bond motifs is 1. The Labute approximate surface area is 99.5 Å². The van der Waals surface area contributed by atoms with E-state index in [1.807, 2.05) is 43.3 Å². The van der Waals surface area contributed by atoms with Gasteiger partial charge in [-0.1, -0.05) is 18.2 Å². The van der Waals surface area contributed by atoms with E-state index >= 15 is 0 Å². The Hall–Kier alpha value is -1.94. The molecule has 1 aromatic carbocycles. The number of nitrogens with zero attached hydrogens (tertiary/aromatic N) is 1. The minimum atomic E-state index is -0.543. The molecule has 0 radical (unpaired) electrons. The van der Waals surface area contributed by atoms with Crippen LogP contribution in [0.2, 0.25) is 0 Å². The molecule has 0 fully saturated rings. The molecule has 0 amide bonds. The highest BCUT2D eigenvalue weighted by Gasteiger charge is 2.30. The number of carbonyl (C=O) groups is 2. The second-order valence-electron chi connectivity index (χ2n) is 4.08. The molecule has 1 unspecified atom stereocenters. The van der Waals surface area contributed by atoms with Crippen LogP contribution in [0.4, 0.5) is 0 Å². The number of carbonyl (C=O) groups excluding carboxylic acids is 2. The fourth-order valence-corrected chi connectivity index (χ4v) is 1.99. The molecule has 0 saturated heterocycles. The van der Waals surface area contributed by atoms with Crippen molar-refractivity contribution >= 4 is 12.1 Å². The Kier molecular flexibility index (Phi) is 3.06. The standard InChI is InChI=1S/C13H13NO3/c1-14(2)13-9-5-3-4-6-12(9)17-8-10(13)11(16)7-15/h3-8,13H,1-2H3. The topological polar surface area (TPSA) is 46.6 Å². The first-order chi connectivity index (χ1) is 8.15. The van der Waals surface area contributed by atoms with Crippen molar-refractivity contribution in [3.8, 4) is 5.75 Å². The molecule has 1 atom stereocenters. The van der Waals surface area contributed by atoms with Gasteiger partial charge in [-0.3, -0.25) is 14.5 Å². The number of hydrogen-bond donors (Lipinski definition) is 0. The van der Waals surface area contributed by atoms with Crippen molar-refractivity contribution in [3.05, 3.63) is 41.7 Å². The quantitative estimate of drug-likeness (QED) is 0.581. The van der Waals surface area contributed by atoms with Crippen LogP contribution in [0.5, 0.6) is 5.75 Å². The average Bonchev–Trinajstić information content (AvgIpc) is 2.36. The van der Waals surface area contributed by atoms with Gasteiger partial charge in [-0.25, -0.2) is 0 Å². The van der Waals surface area contributed by atoms with Gasteiger partial charge in [-0.2, -0.15) is 0 Å². The SMILES string of the molecule is CN(C)C1C(C(=O)C=O)=COc2ccccc21. The van der Waals surface area contributed by atoms with Crippen LogP contribution >= 0.6 is 0 Å². The number of hydrogen-bond acceptors (Lipinski definition) is 4. The molecule has 2 rings (SSSR count). The van der Waals surface area contributed by atoms with Gasteiger partial charge >= 0.3 is 0 Å². The van der Waals surface area contributed by atoms with E-state index in [0.717, 1.165) is 5.56 Å². The number of likely N-dealkylation sites (N-methyl/N-ethyl adjacent to an activating group) is 1. The summed E-state index contributed by atoms with van der Waals surface area (Å²) in [6.45, 7) is 0. The van der Waals surface area contributed by atoms with Gasteiger partial charge in [0, 0.05) is 5.56 Å². The average molecular weight is 231 g/mol. The third-order valence-electron chi connectivity index (χ3n) is 2.73. The number of ether oxygens (including phenoxy) is 1. The molecule has 0 spiro atoms. The predicted octanol–water partition coefficient (Wildman–Crippen LogP) is 1.33. The molecule has 0 aliphatic carbocycles. The van der Waals surface area contributed by atoms with E-state index in [9.17, 15) is 9.59 Å². The Morgan fingerprint density at radius 2 is 2.06 bits per heavy atom. The molecule has 0 aromatic heterocycles. The summed E-state index contributed by atoms with van der Waals surface area (Å²) in [7, 11) is 3.72. The summed E-state index contributed by atoms with van der Waals surface area (Å²) < 4.78 is 5.37. The third-order valence-corrected chi connectivity index (χ3v) is 2.73. The van der Waals surface area contributed by atoms with Crippen molar-refractivity contribution < 1.29 is 14.3 Å². The number of aldehydes is 1. The molecule has 88 valence electrons. The lowest BCUT2D eigenvalue weighted by Gasteiger charge is -2.30. The van der Waals surface area contributed by atoms with Gasteiger partial charge < -0.3 is 4.74 Å². The highest BCUT2D eigenvalue weighted by molar-refractivity contribution is 6.33. The highest BCUT2D eigenvalue weighted by Crippen LogP contribution is 2.37. The Balaban J connectivity index is 2.49. The lowest BCUT2D eigenvalue weighted by molar-refractivity contribution is -0.127. The molecule has 0 N–H and O–H groups in total. The largest absolute Gasteiger partial charge is 0.464 e. The number of rotatable bonds is 3. The van der Waals surface area contributed by atoms with Crippen molar-refractivity contribution in [3.63, 3.8) is 0 Å². The third kappa shape index (κ3) is 1.99. The molecular weight excluding hydrogens is 218 g/mol. The maximum Gasteiger partial charge on any atom is 0.226 e. The zero-order chi connectivity index (χ0) is 12.4. The predicted molar refractivity (Wildman–Crippen MR) is 62.7 cm³/mol. The molecule has 17 heavy (non-hydrogen) atoms. The van der Waals surface area contributed by atoms with Gasteiger partial charge in [0.2, 0.25) is 5.78 Å². The van der Waals surface area contributed by atoms with Crippen molar-refractivity contribution in [2.24, 2.45) is 0 Å². The highest BCUT2D eigenvalue weighted by atomic mass is 16.5. The molecule has 1 aromatic rings. The van der Waals surface area contributed by atoms with Crippen LogP contribution < -0.4 is 4.74 Å². The Bertz CT molecular complexity index is 491. The minimum absolute atomic E-state index is 0.238. The first-order valence-electron chi connectivity index (χ1n) is 5.26. The van der Waals surface area contributed by atoms with Gasteiger partial charge in [0.05, 0.1) is 11.6 Å². The Morgan fingerprint density at radius 3 is 2.71 bits per heavy atom. The summed E-state index contributed by atoms with van der Waals surface area (Å²) in [5.41, 5.74) is 1.26. The lowest BCUT2D eigenvalue weighted by Crippen LogP contribution is -2.28. The van der Waals surface area contributed by atoms with Gasteiger partial charge in [-0.15, -0.1) is 0 Å². The van der Waals surface area contributed by atoms with Crippen LogP contribution in [0.3, 0.4) is 0 Å². The maximum atomic E-state index is 11.5. The van der Waals surface area contributed by atoms with E-state index in [-0.39, 0.29) is 6.04 Å². The first kappa shape index (κ1) is 11.5. The fourth-order valence-electron chi connectivity index (χ4n) is 1.99. The Morgan fingerprint density at radius 1 is 1.35 bits per heavy atom. The van der Waals surface area contributed by atoms with Gasteiger partial charge in [0.25, 0.3) is 0 Å². The van der Waals surface area contributed by atoms with Crippen LogP contribution in [-0.2, 0) is 9.59 Å². The second kappa shape index (κ2) is 4.51. The van der Waals surface area contributed by atoms with Crippen LogP contribution in [0.1, 0.15) is 11.6 Å². The summed E-state index contributed by atoms with van der Waals surface area (Å²) in [6.07, 6.45) is 1.68. The molecule has 0 saturated carbocycles. The monoisotopic (exact) mass is 231 g/mol. The molecule has 1 aliphatic rings. The molecule has 1 aliphatic heterocycles. The second-order valence-corrected chi connectivity index (χ2v) is 4.08. The first-order valence-corrected chi connectivity index (χ1v) is 5.26. The number of para-hydroxylation sites is 1. The molecule has 4 heteroatoms. The lowest BCUT2D eigenvalue weighted by atomic mass is 9.93. The summed E-state index contributed by atoms with van der Waals surface area (Å²) in [4.78, 5) is 24.1. The van der Waals surface area contributed by atoms with Crippen LogP contribution in [0, 0.1) is 0 Å². The summed E-state index contributed by atoms with van der Waals surface area (Å²) >= 11 is 0. The van der Waals surface area contributed by atoms with Crippen molar-refractivity contribution in [1.29, 1.82) is 0 Å². The van der Waals surface area contributed by atoms with Crippen LogP contribution in [0.15, 0.2) is 36.1 Å². The summed E-state index contributed by atoms with van der Waals surface area (Å²) in [6, 6.07) is 7.24. The zero-order valence-electron chi connectivity index (χ0n) is 9.71. The zero-order valence-corrected chi connectivity index (χ0v) is 9.71. The molecular formula is C13H13NO3. The van der Waals surface area contributed by atoms with Gasteiger partial charge in [-0.05, 0) is 20.2 Å². The summed E-state index contributed by atoms with van der Waals surface area (Å²) in [5, 5.41) is 0. The van der Waals surface area contributed by atoms with Crippen molar-refractivity contribution in [2.75, 3.05) is 14.1 Å². The smallest absolute Gasteiger partial charge is 0.226 e. The molecule has 0 bridgehead atoms. The maximum absolute atomic E-state index is 11.5. The van der Waals surface area contributed by atoms with E-state index in [1.54, 1.807) is 0 Å². The van der Waals surface area contributed by atoms with Crippen LogP contribution in [-0.4, -0.2) is 31.1 Å². The van der Waals surface area contributed by atoms with E-state index in [2.05, 4.69) is 0 Å². The number of ketones is 1. The number of Topliss-reactive ketones (excluding diaryl/α,β-unsaturated/α-hetero) is 1. The molecule has 1 heterocycles. The number of benzene rings is 1. The summed E-state index contributed by atoms with van der Waals surface area (Å²) in [5.74, 6) is 0.173. The van der Waals surface area contributed by atoms with Crippen LogP contribution in [0.25, 0.3) is 0 Å².